The maximum Gasteiger partial charge on any atom is 0.256 e. The number of halogens is 2. The first-order valence-electron chi connectivity index (χ1n) is 8.23. The molecule has 0 atom stereocenters. The lowest BCUT2D eigenvalue weighted by atomic mass is 10.1. The van der Waals surface area contributed by atoms with E-state index in [9.17, 15) is 4.79 Å². The van der Waals surface area contributed by atoms with E-state index in [1.54, 1.807) is 0 Å². The Morgan fingerprint density at radius 3 is 2.78 bits per heavy atom. The molecule has 0 saturated carbocycles. The van der Waals surface area contributed by atoms with Gasteiger partial charge in [0.05, 0.1) is 5.56 Å². The second kappa shape index (κ2) is 7.44. The van der Waals surface area contributed by atoms with Gasteiger partial charge in [-0.05, 0) is 78.0 Å². The van der Waals surface area contributed by atoms with Gasteiger partial charge in [0.15, 0.2) is 5.58 Å². The number of aromatic nitrogens is 1. The molecule has 0 radical (unpaired) electrons. The van der Waals surface area contributed by atoms with Gasteiger partial charge in [-0.3, -0.25) is 4.79 Å². The van der Waals surface area contributed by atoms with E-state index in [1.165, 1.54) is 0 Å². The number of oxazole rings is 1. The summed E-state index contributed by atoms with van der Waals surface area (Å²) < 4.78 is 7.61. The van der Waals surface area contributed by atoms with Crippen LogP contribution in [0.4, 0.5) is 5.69 Å². The zero-order chi connectivity index (χ0) is 19.0. The first-order valence-corrected chi connectivity index (χ1v) is 10.1. The van der Waals surface area contributed by atoms with Crippen LogP contribution in [0.25, 0.3) is 22.6 Å². The van der Waals surface area contributed by atoms with Crippen LogP contribution in [0.2, 0.25) is 0 Å². The molecule has 27 heavy (non-hydrogen) atoms. The summed E-state index contributed by atoms with van der Waals surface area (Å²) in [6.07, 6.45) is 0. The minimum Gasteiger partial charge on any atom is -0.436 e. The van der Waals surface area contributed by atoms with Crippen molar-refractivity contribution in [3.05, 3.63) is 79.8 Å². The number of rotatable bonds is 3. The van der Waals surface area contributed by atoms with E-state index >= 15 is 0 Å². The molecule has 0 unspecified atom stereocenters. The summed E-state index contributed by atoms with van der Waals surface area (Å²) in [6.45, 7) is 2.03. The van der Waals surface area contributed by atoms with Gasteiger partial charge in [0.25, 0.3) is 5.91 Å². The number of nitrogens with zero attached hydrogens (tertiary/aromatic N) is 1. The molecule has 0 aliphatic rings. The average molecular weight is 533 g/mol. The summed E-state index contributed by atoms with van der Waals surface area (Å²) in [6, 6.07) is 19.1. The molecule has 0 aliphatic heterocycles. The number of aryl methyl sites for hydroxylation is 1. The van der Waals surface area contributed by atoms with Crippen molar-refractivity contribution in [2.75, 3.05) is 5.32 Å². The number of anilines is 1. The summed E-state index contributed by atoms with van der Waals surface area (Å²) >= 11 is 5.56. The third-order valence-corrected chi connectivity index (χ3v) is 5.52. The molecule has 3 aromatic carbocycles. The van der Waals surface area contributed by atoms with Gasteiger partial charge in [0, 0.05) is 19.3 Å². The molecule has 0 aliphatic carbocycles. The van der Waals surface area contributed by atoms with E-state index in [1.807, 2.05) is 67.6 Å². The molecule has 0 bridgehead atoms. The van der Waals surface area contributed by atoms with Crippen LogP contribution < -0.4 is 5.32 Å². The maximum absolute atomic E-state index is 12.6. The predicted molar refractivity (Wildman–Crippen MR) is 119 cm³/mol. The maximum atomic E-state index is 12.6. The van der Waals surface area contributed by atoms with Gasteiger partial charge in [-0.25, -0.2) is 4.98 Å². The van der Waals surface area contributed by atoms with Crippen molar-refractivity contribution in [3.8, 4) is 11.5 Å². The van der Waals surface area contributed by atoms with Crippen LogP contribution in [-0.4, -0.2) is 10.9 Å². The smallest absolute Gasteiger partial charge is 0.256 e. The Morgan fingerprint density at radius 1 is 1.11 bits per heavy atom. The fourth-order valence-electron chi connectivity index (χ4n) is 2.78. The molecule has 0 saturated heterocycles. The highest BCUT2D eigenvalue weighted by Crippen LogP contribution is 2.27. The van der Waals surface area contributed by atoms with Crippen molar-refractivity contribution < 1.29 is 9.21 Å². The van der Waals surface area contributed by atoms with Gasteiger partial charge >= 0.3 is 0 Å². The van der Waals surface area contributed by atoms with Gasteiger partial charge in [-0.1, -0.05) is 33.6 Å². The summed E-state index contributed by atoms with van der Waals surface area (Å²) in [5.74, 6) is 0.404. The highest BCUT2D eigenvalue weighted by Gasteiger charge is 2.13. The fourth-order valence-corrected chi connectivity index (χ4v) is 3.72. The number of nitrogens with one attached hydrogen (secondary N) is 1. The minimum absolute atomic E-state index is 0.164. The Balaban J connectivity index is 1.64. The largest absolute Gasteiger partial charge is 0.436 e. The molecule has 1 amide bonds. The Hall–Kier alpha value is -2.19. The van der Waals surface area contributed by atoms with Crippen molar-refractivity contribution >= 4 is 61.2 Å². The molecule has 1 heterocycles. The highest BCUT2D eigenvalue weighted by atomic mass is 127. The van der Waals surface area contributed by atoms with Gasteiger partial charge in [0.2, 0.25) is 5.89 Å². The van der Waals surface area contributed by atoms with Crippen LogP contribution >= 0.6 is 38.5 Å². The normalized spacial score (nSPS) is 10.9. The van der Waals surface area contributed by atoms with Crippen molar-refractivity contribution in [1.29, 1.82) is 0 Å². The average Bonchev–Trinajstić information content (AvgIpc) is 3.07. The molecule has 1 N–H and O–H groups in total. The monoisotopic (exact) mass is 532 g/mol. The van der Waals surface area contributed by atoms with Gasteiger partial charge in [-0.15, -0.1) is 0 Å². The summed E-state index contributed by atoms with van der Waals surface area (Å²) in [7, 11) is 0. The molecule has 0 fully saturated rings. The lowest BCUT2D eigenvalue weighted by molar-refractivity contribution is 0.102. The van der Waals surface area contributed by atoms with E-state index in [0.29, 0.717) is 28.2 Å². The zero-order valence-electron chi connectivity index (χ0n) is 14.3. The Kier molecular flexibility index (Phi) is 5.01. The summed E-state index contributed by atoms with van der Waals surface area (Å²) in [4.78, 5) is 17.2. The minimum atomic E-state index is -0.164. The lowest BCUT2D eigenvalue weighted by Crippen LogP contribution is -2.13. The summed E-state index contributed by atoms with van der Waals surface area (Å²) in [5, 5.41) is 2.93. The Bertz CT molecular complexity index is 1170. The van der Waals surface area contributed by atoms with Crippen molar-refractivity contribution in [2.24, 2.45) is 0 Å². The number of carbonyl (C=O) groups is 1. The molecule has 4 rings (SSSR count). The molecule has 4 nitrogen and oxygen atoms in total. The lowest BCUT2D eigenvalue weighted by Gasteiger charge is -2.07. The number of carbonyl (C=O) groups excluding carboxylic acids is 1. The van der Waals surface area contributed by atoms with E-state index in [0.717, 1.165) is 19.2 Å². The van der Waals surface area contributed by atoms with Gasteiger partial charge in [-0.2, -0.15) is 0 Å². The van der Waals surface area contributed by atoms with E-state index in [4.69, 9.17) is 4.42 Å². The van der Waals surface area contributed by atoms with E-state index in [-0.39, 0.29) is 5.91 Å². The predicted octanol–water partition coefficient (Wildman–Crippen LogP) is 6.42. The van der Waals surface area contributed by atoms with Crippen LogP contribution in [0.15, 0.2) is 69.6 Å². The van der Waals surface area contributed by atoms with Crippen LogP contribution in [0, 0.1) is 10.5 Å². The highest BCUT2D eigenvalue weighted by molar-refractivity contribution is 14.1. The summed E-state index contributed by atoms with van der Waals surface area (Å²) in [5.41, 5.74) is 4.75. The third kappa shape index (κ3) is 3.91. The van der Waals surface area contributed by atoms with Crippen molar-refractivity contribution in [1.82, 2.24) is 4.98 Å². The van der Waals surface area contributed by atoms with Gasteiger partial charge in [0.1, 0.15) is 5.52 Å². The van der Waals surface area contributed by atoms with Crippen LogP contribution in [0.3, 0.4) is 0 Å². The third-order valence-electron chi connectivity index (χ3n) is 4.08. The standard InChI is InChI=1S/C21H14BrIN2O2/c1-12-3-2-4-13(9-12)21-25-18-11-15(6-8-19(18)27-21)24-20(26)16-10-14(22)5-7-17(16)23/h2-11H,1H3,(H,24,26). The SMILES string of the molecule is Cc1cccc(-c2nc3cc(NC(=O)c4cc(Br)ccc4I)ccc3o2)c1. The number of benzene rings is 3. The second-order valence-corrected chi connectivity index (χ2v) is 8.23. The topological polar surface area (TPSA) is 55.1 Å². The van der Waals surface area contributed by atoms with E-state index < -0.39 is 0 Å². The van der Waals surface area contributed by atoms with Crippen LogP contribution in [-0.2, 0) is 0 Å². The Morgan fingerprint density at radius 2 is 1.96 bits per heavy atom. The first-order chi connectivity index (χ1) is 13.0. The first kappa shape index (κ1) is 18.2. The number of fused-ring (bicyclic) bond motifs is 1. The molecular weight excluding hydrogens is 519 g/mol. The Labute approximate surface area is 178 Å². The van der Waals surface area contributed by atoms with Crippen molar-refractivity contribution in [3.63, 3.8) is 0 Å². The number of hydrogen-bond donors (Lipinski definition) is 1. The molecule has 6 heteroatoms. The number of amides is 1. The second-order valence-electron chi connectivity index (χ2n) is 6.15. The molecular formula is C21H14BrIN2O2. The van der Waals surface area contributed by atoms with Crippen molar-refractivity contribution in [2.45, 2.75) is 6.92 Å². The molecule has 134 valence electrons. The van der Waals surface area contributed by atoms with Gasteiger partial charge < -0.3 is 9.73 Å². The molecule has 0 spiro atoms. The van der Waals surface area contributed by atoms with Crippen LogP contribution in [0.5, 0.6) is 0 Å². The zero-order valence-corrected chi connectivity index (χ0v) is 18.0. The van der Waals surface area contributed by atoms with E-state index in [2.05, 4.69) is 48.8 Å². The molecule has 1 aromatic heterocycles. The fraction of sp³-hybridized carbons (Fsp3) is 0.0476. The number of hydrogen-bond acceptors (Lipinski definition) is 3. The van der Waals surface area contributed by atoms with Crippen LogP contribution in [0.1, 0.15) is 15.9 Å². The quantitative estimate of drug-likeness (QED) is 0.310. The molecule has 4 aromatic rings.